The lowest BCUT2D eigenvalue weighted by Crippen LogP contribution is -2.04. The second-order valence-corrected chi connectivity index (χ2v) is 5.35. The highest BCUT2D eigenvalue weighted by Gasteiger charge is 2.19. The molecule has 0 bridgehead atoms. The third-order valence-electron chi connectivity index (χ3n) is 3.27. The molecule has 0 amide bonds. The van der Waals surface area contributed by atoms with Crippen molar-refractivity contribution in [1.82, 2.24) is 0 Å². The van der Waals surface area contributed by atoms with Crippen LogP contribution in [-0.4, -0.2) is 13.1 Å². The zero-order valence-corrected chi connectivity index (χ0v) is 11.7. The Bertz CT molecular complexity index is 792. The number of esters is 1. The van der Waals surface area contributed by atoms with Gasteiger partial charge in [-0.3, -0.25) is 0 Å². The standard InChI is InChI=1S/C16H13NO2S/c1-19-16(18)14-13(9-20-15(14)17)12-7-6-10-4-2-3-5-11(10)8-12/h2-9H,17H2,1H3. The number of nitrogen functional groups attached to an aromatic ring is 1. The molecule has 0 aliphatic heterocycles. The van der Waals surface area contributed by atoms with E-state index in [4.69, 9.17) is 10.5 Å². The number of ether oxygens (including phenoxy) is 1. The first-order chi connectivity index (χ1) is 9.70. The monoisotopic (exact) mass is 283 g/mol. The van der Waals surface area contributed by atoms with E-state index in [1.807, 2.05) is 35.7 Å². The van der Waals surface area contributed by atoms with Crippen LogP contribution in [0, 0.1) is 0 Å². The molecule has 3 rings (SSSR count). The molecule has 0 unspecified atom stereocenters. The van der Waals surface area contributed by atoms with Crippen LogP contribution in [0.25, 0.3) is 21.9 Å². The van der Waals surface area contributed by atoms with Gasteiger partial charge in [-0.1, -0.05) is 36.4 Å². The topological polar surface area (TPSA) is 52.3 Å². The largest absolute Gasteiger partial charge is 0.465 e. The van der Waals surface area contributed by atoms with Crippen molar-refractivity contribution in [3.05, 3.63) is 53.4 Å². The van der Waals surface area contributed by atoms with Crippen molar-refractivity contribution in [2.45, 2.75) is 0 Å². The summed E-state index contributed by atoms with van der Waals surface area (Å²) in [6.07, 6.45) is 0. The molecule has 0 saturated carbocycles. The van der Waals surface area contributed by atoms with Crippen LogP contribution in [0.1, 0.15) is 10.4 Å². The van der Waals surface area contributed by atoms with Gasteiger partial charge in [0, 0.05) is 10.9 Å². The van der Waals surface area contributed by atoms with Gasteiger partial charge in [0.1, 0.15) is 10.6 Å². The summed E-state index contributed by atoms with van der Waals surface area (Å²) < 4.78 is 4.81. The van der Waals surface area contributed by atoms with E-state index in [-0.39, 0.29) is 0 Å². The maximum atomic E-state index is 11.9. The lowest BCUT2D eigenvalue weighted by atomic mass is 10.0. The number of benzene rings is 2. The molecule has 4 heteroatoms. The molecular formula is C16H13NO2S. The number of anilines is 1. The Labute approximate surface area is 120 Å². The number of thiophene rings is 1. The third kappa shape index (κ3) is 2.04. The van der Waals surface area contributed by atoms with Crippen LogP contribution in [0.5, 0.6) is 0 Å². The highest BCUT2D eigenvalue weighted by atomic mass is 32.1. The zero-order chi connectivity index (χ0) is 14.1. The van der Waals surface area contributed by atoms with Crippen LogP contribution in [0.15, 0.2) is 47.8 Å². The Morgan fingerprint density at radius 1 is 1.15 bits per heavy atom. The Kier molecular flexibility index (Phi) is 3.16. The number of carbonyl (C=O) groups is 1. The van der Waals surface area contributed by atoms with Crippen molar-refractivity contribution < 1.29 is 9.53 Å². The van der Waals surface area contributed by atoms with E-state index < -0.39 is 5.97 Å². The second-order valence-electron chi connectivity index (χ2n) is 4.44. The summed E-state index contributed by atoms with van der Waals surface area (Å²) in [4.78, 5) is 11.9. The summed E-state index contributed by atoms with van der Waals surface area (Å²) in [6.45, 7) is 0. The fourth-order valence-electron chi connectivity index (χ4n) is 2.25. The van der Waals surface area contributed by atoms with E-state index >= 15 is 0 Å². The van der Waals surface area contributed by atoms with E-state index in [9.17, 15) is 4.79 Å². The van der Waals surface area contributed by atoms with E-state index in [2.05, 4.69) is 12.1 Å². The van der Waals surface area contributed by atoms with Gasteiger partial charge in [0.05, 0.1) is 7.11 Å². The molecule has 20 heavy (non-hydrogen) atoms. The van der Waals surface area contributed by atoms with E-state index in [0.29, 0.717) is 10.6 Å². The van der Waals surface area contributed by atoms with Crippen molar-refractivity contribution in [3.8, 4) is 11.1 Å². The van der Waals surface area contributed by atoms with E-state index in [0.717, 1.165) is 16.5 Å². The van der Waals surface area contributed by atoms with Gasteiger partial charge in [-0.05, 0) is 22.4 Å². The first-order valence-corrected chi connectivity index (χ1v) is 7.03. The minimum atomic E-state index is -0.396. The molecule has 1 heterocycles. The molecule has 3 nitrogen and oxygen atoms in total. The molecule has 1 aromatic heterocycles. The fourth-order valence-corrected chi connectivity index (χ4v) is 3.06. The molecule has 0 saturated heterocycles. The van der Waals surface area contributed by atoms with Crippen LogP contribution in [-0.2, 0) is 4.74 Å². The summed E-state index contributed by atoms with van der Waals surface area (Å²) in [6, 6.07) is 14.2. The minimum absolute atomic E-state index is 0.396. The van der Waals surface area contributed by atoms with E-state index in [1.165, 1.54) is 23.8 Å². The maximum Gasteiger partial charge on any atom is 0.341 e. The van der Waals surface area contributed by atoms with Crippen LogP contribution in [0.4, 0.5) is 5.00 Å². The number of rotatable bonds is 2. The van der Waals surface area contributed by atoms with Crippen LogP contribution in [0.2, 0.25) is 0 Å². The number of hydrogen-bond donors (Lipinski definition) is 1. The molecule has 0 aliphatic carbocycles. The number of fused-ring (bicyclic) bond motifs is 1. The average molecular weight is 283 g/mol. The first kappa shape index (κ1) is 12.7. The Hall–Kier alpha value is -2.33. The molecule has 0 radical (unpaired) electrons. The summed E-state index contributed by atoms with van der Waals surface area (Å²) >= 11 is 1.35. The highest BCUT2D eigenvalue weighted by molar-refractivity contribution is 7.14. The number of carbonyl (C=O) groups excluding carboxylic acids is 1. The summed E-state index contributed by atoms with van der Waals surface area (Å²) in [5, 5.41) is 4.68. The Morgan fingerprint density at radius 2 is 1.90 bits per heavy atom. The maximum absolute atomic E-state index is 11.9. The van der Waals surface area contributed by atoms with Crippen molar-refractivity contribution in [2.24, 2.45) is 0 Å². The smallest absolute Gasteiger partial charge is 0.341 e. The predicted octanol–water partition coefficient (Wildman–Crippen LogP) is 3.94. The predicted molar refractivity (Wildman–Crippen MR) is 83.0 cm³/mol. The van der Waals surface area contributed by atoms with Crippen molar-refractivity contribution in [3.63, 3.8) is 0 Å². The lowest BCUT2D eigenvalue weighted by molar-refractivity contribution is 0.0603. The molecule has 2 aromatic carbocycles. The second kappa shape index (κ2) is 4.98. The normalized spacial score (nSPS) is 10.7. The molecule has 0 aliphatic rings. The summed E-state index contributed by atoms with van der Waals surface area (Å²) in [5.41, 5.74) is 8.13. The number of hydrogen-bond acceptors (Lipinski definition) is 4. The molecular weight excluding hydrogens is 270 g/mol. The third-order valence-corrected chi connectivity index (χ3v) is 4.08. The molecule has 0 atom stereocenters. The first-order valence-electron chi connectivity index (χ1n) is 6.15. The van der Waals surface area contributed by atoms with Gasteiger partial charge >= 0.3 is 5.97 Å². The molecule has 100 valence electrons. The van der Waals surface area contributed by atoms with Gasteiger partial charge in [-0.25, -0.2) is 4.79 Å². The van der Waals surface area contributed by atoms with Gasteiger partial charge in [-0.15, -0.1) is 11.3 Å². The van der Waals surface area contributed by atoms with Gasteiger partial charge in [0.15, 0.2) is 0 Å². The van der Waals surface area contributed by atoms with Crippen molar-refractivity contribution >= 4 is 33.1 Å². The Morgan fingerprint density at radius 3 is 2.65 bits per heavy atom. The summed E-state index contributed by atoms with van der Waals surface area (Å²) in [7, 11) is 1.36. The van der Waals surface area contributed by atoms with Crippen molar-refractivity contribution in [2.75, 3.05) is 12.8 Å². The van der Waals surface area contributed by atoms with Crippen LogP contribution in [0.3, 0.4) is 0 Å². The summed E-state index contributed by atoms with van der Waals surface area (Å²) in [5.74, 6) is -0.396. The number of methoxy groups -OCH3 is 1. The molecule has 0 fully saturated rings. The quantitative estimate of drug-likeness (QED) is 0.725. The molecule has 3 aromatic rings. The van der Waals surface area contributed by atoms with Crippen LogP contribution >= 0.6 is 11.3 Å². The van der Waals surface area contributed by atoms with Crippen molar-refractivity contribution in [1.29, 1.82) is 0 Å². The van der Waals surface area contributed by atoms with Crippen LogP contribution < -0.4 is 5.73 Å². The Balaban J connectivity index is 2.18. The fraction of sp³-hybridized carbons (Fsp3) is 0.0625. The van der Waals surface area contributed by atoms with Gasteiger partial charge in [0.2, 0.25) is 0 Å². The minimum Gasteiger partial charge on any atom is -0.465 e. The SMILES string of the molecule is COC(=O)c1c(-c2ccc3ccccc3c2)csc1N. The van der Waals surface area contributed by atoms with Gasteiger partial charge in [-0.2, -0.15) is 0 Å². The van der Waals surface area contributed by atoms with Gasteiger partial charge < -0.3 is 10.5 Å². The number of nitrogens with two attached hydrogens (primary N) is 1. The highest BCUT2D eigenvalue weighted by Crippen LogP contribution is 2.35. The average Bonchev–Trinajstić information content (AvgIpc) is 2.87. The lowest BCUT2D eigenvalue weighted by Gasteiger charge is -2.05. The molecule has 2 N–H and O–H groups in total. The molecule has 0 spiro atoms. The van der Waals surface area contributed by atoms with Gasteiger partial charge in [0.25, 0.3) is 0 Å². The zero-order valence-electron chi connectivity index (χ0n) is 10.9. The van der Waals surface area contributed by atoms with E-state index in [1.54, 1.807) is 0 Å².